The normalized spacial score (nSPS) is 14.8. The first-order chi connectivity index (χ1) is 13.3. The average Bonchev–Trinajstić information content (AvgIpc) is 2.92. The van der Waals surface area contributed by atoms with Gasteiger partial charge in [-0.3, -0.25) is 14.2 Å². The maximum atomic E-state index is 13.1. The van der Waals surface area contributed by atoms with E-state index in [1.165, 1.54) is 0 Å². The minimum atomic E-state index is -0.157. The van der Waals surface area contributed by atoms with Crippen LogP contribution in [0.3, 0.4) is 0 Å². The van der Waals surface area contributed by atoms with Gasteiger partial charge in [-0.2, -0.15) is 0 Å². The molecule has 1 aromatic carbocycles. The number of para-hydroxylation sites is 1. The van der Waals surface area contributed by atoms with E-state index in [-0.39, 0.29) is 16.9 Å². The third kappa shape index (κ3) is 3.13. The monoisotopic (exact) mass is 379 g/mol. The molecular formula is C22H25N3O3. The van der Waals surface area contributed by atoms with Gasteiger partial charge in [0.15, 0.2) is 5.76 Å². The summed E-state index contributed by atoms with van der Waals surface area (Å²) in [6.45, 7) is 9.48. The van der Waals surface area contributed by atoms with Gasteiger partial charge in [0.05, 0.1) is 10.9 Å². The highest BCUT2D eigenvalue weighted by Gasteiger charge is 2.28. The Morgan fingerprint density at radius 1 is 1.14 bits per heavy atom. The van der Waals surface area contributed by atoms with Crippen LogP contribution in [0.4, 0.5) is 0 Å². The fourth-order valence-corrected chi connectivity index (χ4v) is 3.61. The minimum absolute atomic E-state index is 0.0425. The quantitative estimate of drug-likeness (QED) is 0.651. The van der Waals surface area contributed by atoms with Gasteiger partial charge in [-0.05, 0) is 25.1 Å². The van der Waals surface area contributed by atoms with Crippen LogP contribution in [0.25, 0.3) is 10.9 Å². The van der Waals surface area contributed by atoms with Gasteiger partial charge in [0.1, 0.15) is 11.6 Å². The molecule has 146 valence electrons. The van der Waals surface area contributed by atoms with Gasteiger partial charge in [0, 0.05) is 37.0 Å². The molecule has 0 aliphatic carbocycles. The van der Waals surface area contributed by atoms with E-state index in [0.717, 1.165) is 17.1 Å². The predicted molar refractivity (Wildman–Crippen MR) is 108 cm³/mol. The molecule has 6 nitrogen and oxygen atoms in total. The summed E-state index contributed by atoms with van der Waals surface area (Å²) in [4.78, 5) is 32.4. The molecule has 0 saturated heterocycles. The highest BCUT2D eigenvalue weighted by Crippen LogP contribution is 2.28. The SMILES string of the molecule is Cc1cc(C(C)(C)C)oc1C(=O)N1CCc2nc3ccccc3c(=O)n2CC1. The summed E-state index contributed by atoms with van der Waals surface area (Å²) in [5, 5.41) is 0.614. The number of hydrogen-bond acceptors (Lipinski definition) is 4. The van der Waals surface area contributed by atoms with Crippen molar-refractivity contribution in [2.24, 2.45) is 0 Å². The third-order valence-electron chi connectivity index (χ3n) is 5.28. The summed E-state index contributed by atoms with van der Waals surface area (Å²) in [5.41, 5.74) is 1.35. The van der Waals surface area contributed by atoms with E-state index >= 15 is 0 Å². The first-order valence-corrected chi connectivity index (χ1v) is 9.64. The molecule has 0 radical (unpaired) electrons. The van der Waals surface area contributed by atoms with Gasteiger partial charge in [0.25, 0.3) is 11.5 Å². The van der Waals surface area contributed by atoms with Crippen LogP contribution in [0.1, 0.15) is 48.5 Å². The van der Waals surface area contributed by atoms with Crippen LogP contribution in [0.2, 0.25) is 0 Å². The van der Waals surface area contributed by atoms with Crippen molar-refractivity contribution in [3.8, 4) is 0 Å². The number of furan rings is 1. The maximum absolute atomic E-state index is 13.1. The Kier molecular flexibility index (Phi) is 4.37. The van der Waals surface area contributed by atoms with Crippen LogP contribution in [0.15, 0.2) is 39.5 Å². The summed E-state index contributed by atoms with van der Waals surface area (Å²) in [5.74, 6) is 1.79. The fraction of sp³-hybridized carbons (Fsp3) is 0.409. The van der Waals surface area contributed by atoms with Gasteiger partial charge in [-0.1, -0.05) is 32.9 Å². The molecule has 0 fully saturated rings. The Balaban J connectivity index is 1.63. The van der Waals surface area contributed by atoms with Crippen LogP contribution in [0.5, 0.6) is 0 Å². The molecule has 1 aliphatic heterocycles. The van der Waals surface area contributed by atoms with Gasteiger partial charge < -0.3 is 9.32 Å². The smallest absolute Gasteiger partial charge is 0.289 e. The molecule has 0 spiro atoms. The van der Waals surface area contributed by atoms with Crippen molar-refractivity contribution in [2.75, 3.05) is 13.1 Å². The maximum Gasteiger partial charge on any atom is 0.289 e. The highest BCUT2D eigenvalue weighted by molar-refractivity contribution is 5.93. The van der Waals surface area contributed by atoms with E-state index in [1.807, 2.05) is 31.2 Å². The molecule has 0 saturated carbocycles. The first-order valence-electron chi connectivity index (χ1n) is 9.64. The number of carbonyl (C=O) groups excluding carboxylic acids is 1. The van der Waals surface area contributed by atoms with Crippen LogP contribution in [-0.4, -0.2) is 33.4 Å². The Hall–Kier alpha value is -2.89. The summed E-state index contributed by atoms with van der Waals surface area (Å²) >= 11 is 0. The number of fused-ring (bicyclic) bond motifs is 2. The number of benzene rings is 1. The lowest BCUT2D eigenvalue weighted by atomic mass is 9.93. The van der Waals surface area contributed by atoms with Crippen LogP contribution >= 0.6 is 0 Å². The van der Waals surface area contributed by atoms with E-state index in [1.54, 1.807) is 15.5 Å². The molecule has 0 atom stereocenters. The zero-order valence-electron chi connectivity index (χ0n) is 16.8. The highest BCUT2D eigenvalue weighted by atomic mass is 16.4. The van der Waals surface area contributed by atoms with Crippen molar-refractivity contribution in [3.05, 3.63) is 63.6 Å². The lowest BCUT2D eigenvalue weighted by molar-refractivity contribution is 0.0722. The van der Waals surface area contributed by atoms with Crippen LogP contribution in [-0.2, 0) is 18.4 Å². The molecule has 0 bridgehead atoms. The molecule has 28 heavy (non-hydrogen) atoms. The predicted octanol–water partition coefficient (Wildman–Crippen LogP) is 3.29. The van der Waals surface area contributed by atoms with E-state index in [2.05, 4.69) is 25.8 Å². The number of aromatic nitrogens is 2. The summed E-state index contributed by atoms with van der Waals surface area (Å²) in [7, 11) is 0. The topological polar surface area (TPSA) is 68.3 Å². The zero-order chi connectivity index (χ0) is 20.1. The number of aryl methyl sites for hydroxylation is 1. The zero-order valence-corrected chi connectivity index (χ0v) is 16.8. The molecule has 3 aromatic rings. The first kappa shape index (κ1) is 18.5. The molecule has 0 unspecified atom stereocenters. The van der Waals surface area contributed by atoms with Crippen molar-refractivity contribution >= 4 is 16.8 Å². The summed E-state index contributed by atoms with van der Waals surface area (Å²) < 4.78 is 7.62. The second-order valence-corrected chi connectivity index (χ2v) is 8.42. The Morgan fingerprint density at radius 3 is 2.61 bits per heavy atom. The molecule has 3 heterocycles. The van der Waals surface area contributed by atoms with Crippen LogP contribution < -0.4 is 5.56 Å². The largest absolute Gasteiger partial charge is 0.455 e. The molecule has 0 N–H and O–H groups in total. The van der Waals surface area contributed by atoms with Gasteiger partial charge in [-0.15, -0.1) is 0 Å². The van der Waals surface area contributed by atoms with E-state index in [0.29, 0.717) is 42.7 Å². The Bertz CT molecular complexity index is 1120. The molecular weight excluding hydrogens is 354 g/mol. The van der Waals surface area contributed by atoms with Crippen molar-refractivity contribution in [1.29, 1.82) is 0 Å². The molecule has 4 rings (SSSR count). The Labute approximate surface area is 163 Å². The van der Waals surface area contributed by atoms with Crippen LogP contribution in [0, 0.1) is 6.92 Å². The van der Waals surface area contributed by atoms with Gasteiger partial charge in [-0.25, -0.2) is 4.98 Å². The second-order valence-electron chi connectivity index (χ2n) is 8.42. The van der Waals surface area contributed by atoms with E-state index in [4.69, 9.17) is 4.42 Å². The van der Waals surface area contributed by atoms with E-state index in [9.17, 15) is 9.59 Å². The number of nitrogens with zero attached hydrogens (tertiary/aromatic N) is 3. The third-order valence-corrected chi connectivity index (χ3v) is 5.28. The lowest BCUT2D eigenvalue weighted by Gasteiger charge is -2.19. The van der Waals surface area contributed by atoms with E-state index < -0.39 is 0 Å². The lowest BCUT2D eigenvalue weighted by Crippen LogP contribution is -2.34. The second kappa shape index (κ2) is 6.62. The number of hydrogen-bond donors (Lipinski definition) is 0. The molecule has 2 aromatic heterocycles. The summed E-state index contributed by atoms with van der Waals surface area (Å²) in [6.07, 6.45) is 0.539. The van der Waals surface area contributed by atoms with Gasteiger partial charge >= 0.3 is 0 Å². The number of carbonyl (C=O) groups is 1. The molecule has 6 heteroatoms. The standard InChI is InChI=1S/C22H25N3O3/c1-14-13-17(22(2,3)4)28-19(14)21(27)24-10-9-18-23-16-8-6-5-7-15(16)20(26)25(18)12-11-24/h5-8,13H,9-12H2,1-4H3. The van der Waals surface area contributed by atoms with Crippen molar-refractivity contribution in [3.63, 3.8) is 0 Å². The van der Waals surface area contributed by atoms with Crippen molar-refractivity contribution in [2.45, 2.75) is 46.1 Å². The molecule has 1 aliphatic rings. The summed E-state index contributed by atoms with van der Waals surface area (Å²) in [6, 6.07) is 9.32. The minimum Gasteiger partial charge on any atom is -0.455 e. The Morgan fingerprint density at radius 2 is 1.89 bits per heavy atom. The average molecular weight is 379 g/mol. The molecule has 1 amide bonds. The van der Waals surface area contributed by atoms with Crippen molar-refractivity contribution in [1.82, 2.24) is 14.5 Å². The fourth-order valence-electron chi connectivity index (χ4n) is 3.61. The number of amides is 1. The van der Waals surface area contributed by atoms with Gasteiger partial charge in [0.2, 0.25) is 0 Å². The number of rotatable bonds is 1. The van der Waals surface area contributed by atoms with Crippen molar-refractivity contribution < 1.29 is 9.21 Å².